The molecule has 146 valence electrons. The summed E-state index contributed by atoms with van der Waals surface area (Å²) in [5, 5.41) is 0.336. The lowest BCUT2D eigenvalue weighted by atomic mass is 10.3. The van der Waals surface area contributed by atoms with E-state index in [0.717, 1.165) is 25.6 Å². The predicted molar refractivity (Wildman–Crippen MR) is 103 cm³/mol. The molecule has 0 aromatic heterocycles. The van der Waals surface area contributed by atoms with E-state index >= 15 is 0 Å². The zero-order valence-electron chi connectivity index (χ0n) is 14.2. The van der Waals surface area contributed by atoms with Crippen molar-refractivity contribution in [3.05, 3.63) is 51.5 Å². The number of sulfonamides is 1. The molecule has 10 heteroatoms. The Labute approximate surface area is 169 Å². The van der Waals surface area contributed by atoms with Crippen molar-refractivity contribution in [2.45, 2.75) is 17.4 Å². The van der Waals surface area contributed by atoms with Gasteiger partial charge in [-0.15, -0.1) is 0 Å². The second-order valence-corrected chi connectivity index (χ2v) is 9.15. The van der Waals surface area contributed by atoms with Crippen LogP contribution in [0.5, 0.6) is 5.75 Å². The molecule has 1 heterocycles. The number of benzene rings is 2. The zero-order valence-corrected chi connectivity index (χ0v) is 17.3. The monoisotopic (exact) mass is 480 g/mol. The lowest BCUT2D eigenvalue weighted by Crippen LogP contribution is -2.21. The summed E-state index contributed by atoms with van der Waals surface area (Å²) in [5.74, 6) is -1.75. The average Bonchev–Trinajstić information content (AvgIpc) is 2.98. The predicted octanol–water partition coefficient (Wildman–Crippen LogP) is 4.26. The Morgan fingerprint density at radius 2 is 2.00 bits per heavy atom. The summed E-state index contributed by atoms with van der Waals surface area (Å²) in [6, 6.07) is 5.74. The van der Waals surface area contributed by atoms with Crippen LogP contribution in [0.1, 0.15) is 6.42 Å². The van der Waals surface area contributed by atoms with Crippen molar-refractivity contribution < 1.29 is 21.9 Å². The van der Waals surface area contributed by atoms with Crippen LogP contribution in [-0.4, -0.2) is 39.6 Å². The maximum atomic E-state index is 13.9. The Kier molecular flexibility index (Phi) is 5.95. The van der Waals surface area contributed by atoms with E-state index in [0.29, 0.717) is 16.8 Å². The van der Waals surface area contributed by atoms with Crippen LogP contribution in [-0.2, 0) is 10.0 Å². The number of nitrogens with one attached hydrogen (secondary N) is 1. The SMILES string of the molecule is CN1CC[C@H](Oc2cc(NS(=O)(=O)c3cc(Br)c(F)cc3F)ccc2Cl)C1. The molecule has 27 heavy (non-hydrogen) atoms. The highest BCUT2D eigenvalue weighted by Gasteiger charge is 2.24. The highest BCUT2D eigenvalue weighted by molar-refractivity contribution is 9.10. The maximum absolute atomic E-state index is 13.9. The van der Waals surface area contributed by atoms with Gasteiger partial charge in [0.15, 0.2) is 0 Å². The van der Waals surface area contributed by atoms with Crippen molar-refractivity contribution >= 4 is 43.2 Å². The first kappa shape index (κ1) is 20.3. The van der Waals surface area contributed by atoms with E-state index < -0.39 is 26.6 Å². The summed E-state index contributed by atoms with van der Waals surface area (Å²) < 4.78 is 60.3. The molecule has 1 aliphatic heterocycles. The van der Waals surface area contributed by atoms with Crippen LogP contribution in [0.15, 0.2) is 39.7 Å². The van der Waals surface area contributed by atoms with Gasteiger partial charge in [-0.2, -0.15) is 0 Å². The highest BCUT2D eigenvalue weighted by Crippen LogP contribution is 2.32. The summed E-state index contributed by atoms with van der Waals surface area (Å²) in [7, 11) is -2.30. The third-order valence-electron chi connectivity index (χ3n) is 4.09. The standard InChI is InChI=1S/C17H16BrClF2N2O3S/c1-23-5-4-11(9-23)26-16-6-10(2-3-13(16)19)22-27(24,25)17-7-12(18)14(20)8-15(17)21/h2-3,6-8,11,22H,4-5,9H2,1H3/t11-/m0/s1. The number of rotatable bonds is 5. The highest BCUT2D eigenvalue weighted by atomic mass is 79.9. The van der Waals surface area contributed by atoms with Crippen LogP contribution < -0.4 is 9.46 Å². The topological polar surface area (TPSA) is 58.6 Å². The molecule has 0 spiro atoms. The molecule has 5 nitrogen and oxygen atoms in total. The Bertz CT molecular complexity index is 975. The van der Waals surface area contributed by atoms with Crippen LogP contribution in [0.3, 0.4) is 0 Å². The maximum Gasteiger partial charge on any atom is 0.264 e. The van der Waals surface area contributed by atoms with E-state index in [2.05, 4.69) is 25.6 Å². The minimum absolute atomic E-state index is 0.0511. The van der Waals surface area contributed by atoms with E-state index in [-0.39, 0.29) is 16.3 Å². The molecule has 0 amide bonds. The van der Waals surface area contributed by atoms with Crippen molar-refractivity contribution in [3.8, 4) is 5.75 Å². The van der Waals surface area contributed by atoms with Gasteiger partial charge in [-0.3, -0.25) is 4.72 Å². The second kappa shape index (κ2) is 7.90. The van der Waals surface area contributed by atoms with Gasteiger partial charge in [0, 0.05) is 25.2 Å². The van der Waals surface area contributed by atoms with Gasteiger partial charge >= 0.3 is 0 Å². The van der Waals surface area contributed by atoms with Crippen LogP contribution in [0, 0.1) is 11.6 Å². The Morgan fingerprint density at radius 1 is 1.26 bits per heavy atom. The summed E-state index contributed by atoms with van der Waals surface area (Å²) in [4.78, 5) is 1.44. The van der Waals surface area contributed by atoms with Gasteiger partial charge in [0.05, 0.1) is 15.2 Å². The smallest absolute Gasteiger partial charge is 0.264 e. The summed E-state index contributed by atoms with van der Waals surface area (Å²) in [5.41, 5.74) is 0.153. The first-order chi connectivity index (χ1) is 12.7. The number of likely N-dealkylation sites (N-methyl/N-ethyl adjacent to an activating group) is 1. The molecule has 0 saturated carbocycles. The fourth-order valence-corrected chi connectivity index (χ4v) is 4.54. The molecule has 2 aromatic rings. The Balaban J connectivity index is 1.85. The molecule has 1 fully saturated rings. The van der Waals surface area contributed by atoms with Crippen LogP contribution >= 0.6 is 27.5 Å². The van der Waals surface area contributed by atoms with E-state index in [1.807, 2.05) is 7.05 Å². The number of likely N-dealkylation sites (tertiary alicyclic amines) is 1. The van der Waals surface area contributed by atoms with Crippen LogP contribution in [0.25, 0.3) is 0 Å². The van der Waals surface area contributed by atoms with Gasteiger partial charge in [-0.25, -0.2) is 17.2 Å². The normalized spacial score (nSPS) is 17.9. The van der Waals surface area contributed by atoms with Crippen molar-refractivity contribution in [3.63, 3.8) is 0 Å². The second-order valence-electron chi connectivity index (χ2n) is 6.24. The van der Waals surface area contributed by atoms with E-state index in [9.17, 15) is 17.2 Å². The molecule has 2 aromatic carbocycles. The molecule has 0 radical (unpaired) electrons. The van der Waals surface area contributed by atoms with E-state index in [1.165, 1.54) is 18.2 Å². The third-order valence-corrected chi connectivity index (χ3v) is 6.41. The molecule has 0 aliphatic carbocycles. The molecule has 3 rings (SSSR count). The first-order valence-electron chi connectivity index (χ1n) is 7.98. The molecule has 1 N–H and O–H groups in total. The van der Waals surface area contributed by atoms with Crippen molar-refractivity contribution in [2.75, 3.05) is 24.9 Å². The summed E-state index contributed by atoms with van der Waals surface area (Å²) in [6.45, 7) is 1.63. The van der Waals surface area contributed by atoms with Gasteiger partial charge < -0.3 is 9.64 Å². The number of hydrogen-bond donors (Lipinski definition) is 1. The van der Waals surface area contributed by atoms with Gasteiger partial charge in [-0.05, 0) is 47.6 Å². The third kappa shape index (κ3) is 4.71. The molecule has 1 atom stereocenters. The largest absolute Gasteiger partial charge is 0.487 e. The fraction of sp³-hybridized carbons (Fsp3) is 0.294. The van der Waals surface area contributed by atoms with E-state index in [1.54, 1.807) is 0 Å². The quantitative estimate of drug-likeness (QED) is 0.648. The van der Waals surface area contributed by atoms with Crippen molar-refractivity contribution in [2.24, 2.45) is 0 Å². The first-order valence-corrected chi connectivity index (χ1v) is 10.6. The molecule has 1 saturated heterocycles. The minimum Gasteiger partial charge on any atom is -0.487 e. The molecule has 0 bridgehead atoms. The Hall–Kier alpha value is -1.42. The van der Waals surface area contributed by atoms with Gasteiger partial charge in [-0.1, -0.05) is 11.6 Å². The summed E-state index contributed by atoms with van der Waals surface area (Å²) in [6.07, 6.45) is 0.780. The molecule has 0 unspecified atom stereocenters. The fourth-order valence-electron chi connectivity index (χ4n) is 2.75. The number of anilines is 1. The van der Waals surface area contributed by atoms with Gasteiger partial charge in [0.25, 0.3) is 10.0 Å². The number of nitrogens with zero attached hydrogens (tertiary/aromatic N) is 1. The lowest BCUT2D eigenvalue weighted by Gasteiger charge is -2.16. The molecular formula is C17H16BrClF2N2O3S. The van der Waals surface area contributed by atoms with Crippen LogP contribution in [0.4, 0.5) is 14.5 Å². The zero-order chi connectivity index (χ0) is 19.8. The number of halogens is 4. The molecular weight excluding hydrogens is 466 g/mol. The summed E-state index contributed by atoms with van der Waals surface area (Å²) >= 11 is 9.00. The van der Waals surface area contributed by atoms with E-state index in [4.69, 9.17) is 16.3 Å². The van der Waals surface area contributed by atoms with Gasteiger partial charge in [0.2, 0.25) is 0 Å². The van der Waals surface area contributed by atoms with Crippen molar-refractivity contribution in [1.29, 1.82) is 0 Å². The minimum atomic E-state index is -4.28. The van der Waals surface area contributed by atoms with Crippen LogP contribution in [0.2, 0.25) is 5.02 Å². The lowest BCUT2D eigenvalue weighted by molar-refractivity contribution is 0.208. The number of ether oxygens (including phenoxy) is 1. The van der Waals surface area contributed by atoms with Gasteiger partial charge in [0.1, 0.15) is 28.4 Å². The number of hydrogen-bond acceptors (Lipinski definition) is 4. The van der Waals surface area contributed by atoms with Crippen molar-refractivity contribution in [1.82, 2.24) is 4.90 Å². The molecule has 1 aliphatic rings. The Morgan fingerprint density at radius 3 is 2.67 bits per heavy atom. The average molecular weight is 482 g/mol.